The molecule has 4 rings (SSSR count). The van der Waals surface area contributed by atoms with Crippen molar-refractivity contribution in [2.75, 3.05) is 5.32 Å². The molecule has 1 atom stereocenters. The van der Waals surface area contributed by atoms with E-state index in [0.29, 0.717) is 6.04 Å². The number of hydrogen-bond acceptors (Lipinski definition) is 5. The molecule has 1 aromatic carbocycles. The Morgan fingerprint density at radius 1 is 1.33 bits per heavy atom. The summed E-state index contributed by atoms with van der Waals surface area (Å²) in [4.78, 5) is 4.66. The maximum absolute atomic E-state index is 4.66. The molecule has 0 amide bonds. The summed E-state index contributed by atoms with van der Waals surface area (Å²) in [6, 6.07) is 8.67. The van der Waals surface area contributed by atoms with Gasteiger partial charge in [-0.25, -0.2) is 4.98 Å². The Hall–Kier alpha value is -1.95. The molecular weight excluding hydrogens is 282 g/mol. The number of thiazole rings is 1. The minimum Gasteiger partial charge on any atom is -0.357 e. The highest BCUT2D eigenvalue weighted by Crippen LogP contribution is 2.27. The van der Waals surface area contributed by atoms with E-state index in [1.165, 1.54) is 4.70 Å². The summed E-state index contributed by atoms with van der Waals surface area (Å²) < 4.78 is 3.49. The van der Waals surface area contributed by atoms with Crippen molar-refractivity contribution >= 4 is 26.7 Å². The highest BCUT2D eigenvalue weighted by atomic mass is 32.1. The molecule has 6 heteroatoms. The number of hydrogen-bond donors (Lipinski definition) is 1. The van der Waals surface area contributed by atoms with E-state index in [1.807, 2.05) is 6.07 Å². The lowest BCUT2D eigenvalue weighted by Crippen LogP contribution is -2.32. The number of aromatic nitrogens is 4. The van der Waals surface area contributed by atoms with Crippen molar-refractivity contribution in [3.8, 4) is 0 Å². The van der Waals surface area contributed by atoms with Crippen LogP contribution in [0.5, 0.6) is 0 Å². The molecule has 5 nitrogen and oxygen atoms in total. The fourth-order valence-corrected chi connectivity index (χ4v) is 3.81. The normalized spacial score (nSPS) is 17.9. The Morgan fingerprint density at radius 2 is 2.24 bits per heavy atom. The third-order valence-electron chi connectivity index (χ3n) is 3.96. The van der Waals surface area contributed by atoms with Crippen molar-refractivity contribution in [3.05, 3.63) is 35.9 Å². The molecular formula is C15H17N5S. The Morgan fingerprint density at radius 3 is 3.10 bits per heavy atom. The molecule has 0 saturated carbocycles. The number of para-hydroxylation sites is 1. The standard InChI is InChI=1S/C15H17N5S/c1-2-13-18-19-14-8-7-10(9-20(13)14)16-15-17-11-5-3-4-6-12(11)21-15/h3-6,10H,2,7-9H2,1H3,(H,16,17). The van der Waals surface area contributed by atoms with E-state index >= 15 is 0 Å². The summed E-state index contributed by atoms with van der Waals surface area (Å²) in [5.74, 6) is 2.20. The van der Waals surface area contributed by atoms with Crippen molar-refractivity contribution < 1.29 is 0 Å². The van der Waals surface area contributed by atoms with Crippen LogP contribution in [0.3, 0.4) is 0 Å². The lowest BCUT2D eigenvalue weighted by atomic mass is 10.1. The van der Waals surface area contributed by atoms with Crippen LogP contribution in [-0.2, 0) is 19.4 Å². The van der Waals surface area contributed by atoms with Crippen LogP contribution in [0.25, 0.3) is 10.2 Å². The van der Waals surface area contributed by atoms with E-state index in [-0.39, 0.29) is 0 Å². The van der Waals surface area contributed by atoms with Gasteiger partial charge in [-0.2, -0.15) is 0 Å². The summed E-state index contributed by atoms with van der Waals surface area (Å²) in [6.45, 7) is 3.06. The van der Waals surface area contributed by atoms with Crippen molar-refractivity contribution in [3.63, 3.8) is 0 Å². The van der Waals surface area contributed by atoms with E-state index in [4.69, 9.17) is 0 Å². The first-order valence-electron chi connectivity index (χ1n) is 7.36. The van der Waals surface area contributed by atoms with E-state index in [2.05, 4.69) is 50.2 Å². The molecule has 108 valence electrons. The lowest BCUT2D eigenvalue weighted by molar-refractivity contribution is 0.466. The molecule has 1 N–H and O–H groups in total. The predicted octanol–water partition coefficient (Wildman–Crippen LogP) is 2.88. The zero-order valence-corrected chi connectivity index (χ0v) is 12.7. The molecule has 3 aromatic rings. The third-order valence-corrected chi connectivity index (χ3v) is 4.93. The van der Waals surface area contributed by atoms with Gasteiger partial charge in [-0.15, -0.1) is 10.2 Å². The number of fused-ring (bicyclic) bond motifs is 2. The quantitative estimate of drug-likeness (QED) is 0.808. The first-order chi connectivity index (χ1) is 10.3. The molecule has 0 aliphatic carbocycles. The highest BCUT2D eigenvalue weighted by molar-refractivity contribution is 7.22. The summed E-state index contributed by atoms with van der Waals surface area (Å²) in [5.41, 5.74) is 1.07. The SMILES string of the molecule is CCc1nnc2n1CC(Nc1nc3ccccc3s1)CC2. The van der Waals surface area contributed by atoms with Gasteiger partial charge in [-0.3, -0.25) is 0 Å². The molecule has 1 unspecified atom stereocenters. The summed E-state index contributed by atoms with van der Waals surface area (Å²) in [6.07, 6.45) is 2.99. The van der Waals surface area contributed by atoms with Crippen molar-refractivity contribution in [2.24, 2.45) is 0 Å². The van der Waals surface area contributed by atoms with E-state index < -0.39 is 0 Å². The molecule has 1 aliphatic heterocycles. The predicted molar refractivity (Wildman–Crippen MR) is 84.8 cm³/mol. The summed E-state index contributed by atoms with van der Waals surface area (Å²) in [5, 5.41) is 13.1. The third kappa shape index (κ3) is 2.29. The van der Waals surface area contributed by atoms with Crippen LogP contribution >= 0.6 is 11.3 Å². The van der Waals surface area contributed by atoms with Crippen LogP contribution in [0.1, 0.15) is 25.0 Å². The number of nitrogens with zero attached hydrogens (tertiary/aromatic N) is 4. The van der Waals surface area contributed by atoms with Crippen LogP contribution in [0, 0.1) is 0 Å². The van der Waals surface area contributed by atoms with Gasteiger partial charge < -0.3 is 9.88 Å². The zero-order valence-electron chi connectivity index (χ0n) is 11.9. The topological polar surface area (TPSA) is 55.6 Å². The van der Waals surface area contributed by atoms with Gasteiger partial charge in [0.2, 0.25) is 0 Å². The second-order valence-electron chi connectivity index (χ2n) is 5.36. The number of nitrogens with one attached hydrogen (secondary N) is 1. The smallest absolute Gasteiger partial charge is 0.184 e. The van der Waals surface area contributed by atoms with Gasteiger partial charge in [0.25, 0.3) is 0 Å². The van der Waals surface area contributed by atoms with Crippen LogP contribution in [-0.4, -0.2) is 25.8 Å². The Kier molecular flexibility index (Phi) is 3.11. The molecule has 3 heterocycles. The molecule has 0 radical (unpaired) electrons. The van der Waals surface area contributed by atoms with Crippen molar-refractivity contribution in [2.45, 2.75) is 38.8 Å². The average molecular weight is 299 g/mol. The van der Waals surface area contributed by atoms with Crippen LogP contribution < -0.4 is 5.32 Å². The van der Waals surface area contributed by atoms with Gasteiger partial charge >= 0.3 is 0 Å². The Bertz CT molecular complexity index is 729. The lowest BCUT2D eigenvalue weighted by Gasteiger charge is -2.24. The molecule has 0 bridgehead atoms. The highest BCUT2D eigenvalue weighted by Gasteiger charge is 2.22. The summed E-state index contributed by atoms with van der Waals surface area (Å²) >= 11 is 1.72. The fraction of sp³-hybridized carbons (Fsp3) is 0.400. The molecule has 1 aliphatic rings. The van der Waals surface area contributed by atoms with Gasteiger partial charge in [0.1, 0.15) is 11.6 Å². The monoisotopic (exact) mass is 299 g/mol. The van der Waals surface area contributed by atoms with Crippen molar-refractivity contribution in [1.29, 1.82) is 0 Å². The maximum Gasteiger partial charge on any atom is 0.184 e. The van der Waals surface area contributed by atoms with Crippen molar-refractivity contribution in [1.82, 2.24) is 19.7 Å². The van der Waals surface area contributed by atoms with Crippen LogP contribution in [0.2, 0.25) is 0 Å². The maximum atomic E-state index is 4.66. The molecule has 0 spiro atoms. The van der Waals surface area contributed by atoms with Crippen LogP contribution in [0.4, 0.5) is 5.13 Å². The van der Waals surface area contributed by atoms with E-state index in [1.54, 1.807) is 11.3 Å². The minimum absolute atomic E-state index is 0.402. The van der Waals surface area contributed by atoms with Gasteiger partial charge in [0.15, 0.2) is 5.13 Å². The first kappa shape index (κ1) is 12.8. The Balaban J connectivity index is 1.55. The Labute approximate surface area is 127 Å². The van der Waals surface area contributed by atoms with Crippen LogP contribution in [0.15, 0.2) is 24.3 Å². The second-order valence-corrected chi connectivity index (χ2v) is 6.39. The molecule has 0 fully saturated rings. The minimum atomic E-state index is 0.402. The van der Waals surface area contributed by atoms with Gasteiger partial charge in [0.05, 0.1) is 10.2 Å². The molecule has 21 heavy (non-hydrogen) atoms. The molecule has 2 aromatic heterocycles. The first-order valence-corrected chi connectivity index (χ1v) is 8.18. The van der Waals surface area contributed by atoms with Gasteiger partial charge in [-0.05, 0) is 18.6 Å². The largest absolute Gasteiger partial charge is 0.357 e. The van der Waals surface area contributed by atoms with E-state index in [9.17, 15) is 0 Å². The number of anilines is 1. The van der Waals surface area contributed by atoms with Gasteiger partial charge in [0, 0.05) is 25.4 Å². The van der Waals surface area contributed by atoms with E-state index in [0.717, 1.165) is 48.1 Å². The average Bonchev–Trinajstić information content (AvgIpc) is 3.09. The number of aryl methyl sites for hydroxylation is 2. The molecule has 0 saturated heterocycles. The number of benzene rings is 1. The zero-order chi connectivity index (χ0) is 14.2. The fourth-order valence-electron chi connectivity index (χ4n) is 2.87. The number of rotatable bonds is 3. The summed E-state index contributed by atoms with van der Waals surface area (Å²) in [7, 11) is 0. The second kappa shape index (κ2) is 5.11. The van der Waals surface area contributed by atoms with Gasteiger partial charge in [-0.1, -0.05) is 30.4 Å².